The van der Waals surface area contributed by atoms with E-state index < -0.39 is 11.9 Å². The predicted molar refractivity (Wildman–Crippen MR) is 156 cm³/mol. The fourth-order valence-electron chi connectivity index (χ4n) is 4.57. The first kappa shape index (κ1) is 41.2. The van der Waals surface area contributed by atoms with Crippen LogP contribution in [-0.4, -0.2) is 35.0 Å². The van der Waals surface area contributed by atoms with Crippen LogP contribution in [0, 0.1) is 0 Å². The Bertz CT molecular complexity index is 403. The second kappa shape index (κ2) is 37.9. The van der Waals surface area contributed by atoms with Crippen molar-refractivity contribution in [1.29, 1.82) is 0 Å². The van der Waals surface area contributed by atoms with Crippen LogP contribution in [0.25, 0.3) is 0 Å². The van der Waals surface area contributed by atoms with E-state index in [1.165, 1.54) is 141 Å². The minimum Gasteiger partial charge on any atom is -0.550 e. The van der Waals surface area contributed by atoms with Crippen LogP contribution < -0.4 is 10.2 Å². The van der Waals surface area contributed by atoms with Gasteiger partial charge in [-0.2, -0.15) is 0 Å². The van der Waals surface area contributed by atoms with Crippen LogP contribution in [-0.2, 0) is 9.59 Å². The fraction of sp³-hybridized carbons (Fsp3) is 0.938. The first-order valence-corrected chi connectivity index (χ1v) is 15.9. The third kappa shape index (κ3) is 46.0. The Morgan fingerprint density at radius 1 is 0.351 bits per heavy atom. The van der Waals surface area contributed by atoms with Crippen molar-refractivity contribution in [1.82, 2.24) is 0 Å². The molecule has 0 radical (unpaired) electrons. The first-order valence-electron chi connectivity index (χ1n) is 15.9. The van der Waals surface area contributed by atoms with E-state index in [0.29, 0.717) is 0 Å². The van der Waals surface area contributed by atoms with Gasteiger partial charge in [-0.25, -0.2) is 0 Å². The molecular weight excluding hydrogens is 473 g/mol. The molecule has 0 unspecified atom stereocenters. The third-order valence-corrected chi connectivity index (χ3v) is 6.97. The van der Waals surface area contributed by atoms with Crippen molar-refractivity contribution in [3.8, 4) is 0 Å². The number of carboxylic acid groups (broad SMARTS) is 2. The second-order valence-corrected chi connectivity index (χ2v) is 10.7. The van der Waals surface area contributed by atoms with Gasteiger partial charge in [-0.15, -0.1) is 0 Å². The molecule has 0 bridgehead atoms. The number of aliphatic carboxylic acids is 2. The molecule has 0 spiro atoms. The summed E-state index contributed by atoms with van der Waals surface area (Å²) in [6, 6.07) is 0. The summed E-state index contributed by atoms with van der Waals surface area (Å²) in [5, 5.41) is 20.4. The molecule has 0 aliphatic heterocycles. The topological polar surface area (TPSA) is 80.3 Å². The van der Waals surface area contributed by atoms with Gasteiger partial charge in [0.15, 0.2) is 0 Å². The van der Waals surface area contributed by atoms with Crippen LogP contribution in [0.5, 0.6) is 0 Å². The van der Waals surface area contributed by atoms with Gasteiger partial charge in [0.2, 0.25) is 0 Å². The normalized spacial score (nSPS) is 10.4. The van der Waals surface area contributed by atoms with E-state index >= 15 is 0 Å². The number of hydrogen-bond acceptors (Lipinski definition) is 4. The number of carbonyl (C=O) groups is 2. The van der Waals surface area contributed by atoms with Gasteiger partial charge in [0.1, 0.15) is 0 Å². The van der Waals surface area contributed by atoms with Gasteiger partial charge < -0.3 is 19.8 Å². The van der Waals surface area contributed by atoms with Crippen molar-refractivity contribution in [2.75, 3.05) is 0 Å². The van der Waals surface area contributed by atoms with E-state index in [0.717, 1.165) is 25.7 Å². The third-order valence-electron chi connectivity index (χ3n) is 6.97. The van der Waals surface area contributed by atoms with Gasteiger partial charge in [-0.05, 0) is 25.7 Å². The summed E-state index contributed by atoms with van der Waals surface area (Å²) < 4.78 is 0. The molecule has 0 rings (SSSR count). The summed E-state index contributed by atoms with van der Waals surface area (Å²) in [4.78, 5) is 20.4. The van der Waals surface area contributed by atoms with Crippen molar-refractivity contribution < 1.29 is 19.8 Å². The van der Waals surface area contributed by atoms with Crippen LogP contribution in [0.3, 0.4) is 0 Å². The number of unbranched alkanes of at least 4 members (excludes halogenated alkanes) is 24. The Kier molecular flexibility index (Phi) is 42.1. The monoisotopic (exact) mass is 534 g/mol. The van der Waals surface area contributed by atoms with Gasteiger partial charge in [-0.1, -0.05) is 168 Å². The van der Waals surface area contributed by atoms with Crippen LogP contribution in [0.1, 0.15) is 194 Å². The molecule has 0 aliphatic rings. The summed E-state index contributed by atoms with van der Waals surface area (Å²) in [5.74, 6) is -1.81. The maximum Gasteiger partial charge on any atom is 2.00 e. The van der Waals surface area contributed by atoms with E-state index in [9.17, 15) is 19.8 Å². The summed E-state index contributed by atoms with van der Waals surface area (Å²) in [5.41, 5.74) is 0. The fourth-order valence-corrected chi connectivity index (χ4v) is 4.57. The van der Waals surface area contributed by atoms with Gasteiger partial charge >= 0.3 is 23.1 Å². The molecule has 0 heterocycles. The quantitative estimate of drug-likeness (QED) is 0.0750. The van der Waals surface area contributed by atoms with Gasteiger partial charge in [0.25, 0.3) is 0 Å². The second-order valence-electron chi connectivity index (χ2n) is 10.7. The molecule has 0 amide bonds. The smallest absolute Gasteiger partial charge is 0.550 e. The van der Waals surface area contributed by atoms with Gasteiger partial charge in [-0.3, -0.25) is 0 Å². The number of carbonyl (C=O) groups excluding carboxylic acids is 2. The average molecular weight is 535 g/mol. The minimum absolute atomic E-state index is 0. The predicted octanol–water partition coefficient (Wildman–Crippen LogP) is 8.05. The number of rotatable bonds is 28. The van der Waals surface area contributed by atoms with E-state index in [-0.39, 0.29) is 35.9 Å². The van der Waals surface area contributed by atoms with Crippen molar-refractivity contribution in [2.24, 2.45) is 0 Å². The van der Waals surface area contributed by atoms with Gasteiger partial charge in [0.05, 0.1) is 0 Å². The van der Waals surface area contributed by atoms with E-state index in [1.807, 2.05) is 0 Å². The molecule has 37 heavy (non-hydrogen) atoms. The molecule has 0 aromatic rings. The standard InChI is InChI=1S/2C16H32O2.Mg/c2*1-2-3-4-5-6-7-8-9-10-11-12-13-14-15-16(17)18;/h2*2-15H2,1H3,(H,17,18);/q;;+2/p-2. The van der Waals surface area contributed by atoms with Crippen LogP contribution in [0.4, 0.5) is 0 Å². The molecule has 0 fully saturated rings. The molecular formula is C32H62MgO4. The van der Waals surface area contributed by atoms with Crippen molar-refractivity contribution in [3.63, 3.8) is 0 Å². The van der Waals surface area contributed by atoms with Crippen molar-refractivity contribution >= 4 is 35.0 Å². The molecule has 4 nitrogen and oxygen atoms in total. The zero-order valence-corrected chi connectivity index (χ0v) is 26.6. The molecule has 216 valence electrons. The zero-order valence-electron chi connectivity index (χ0n) is 25.1. The Morgan fingerprint density at radius 2 is 0.514 bits per heavy atom. The molecule has 0 aliphatic carbocycles. The Hall–Kier alpha value is -0.294. The molecule has 0 saturated carbocycles. The van der Waals surface area contributed by atoms with Crippen molar-refractivity contribution in [3.05, 3.63) is 0 Å². The number of carboxylic acids is 2. The molecule has 5 heteroatoms. The largest absolute Gasteiger partial charge is 2.00 e. The zero-order chi connectivity index (χ0) is 27.0. The van der Waals surface area contributed by atoms with E-state index in [1.54, 1.807) is 0 Å². The summed E-state index contributed by atoms with van der Waals surface area (Å²) in [6.45, 7) is 4.51. The average Bonchev–Trinajstić information content (AvgIpc) is 2.85. The first-order chi connectivity index (χ1) is 17.5. The molecule has 0 saturated heterocycles. The van der Waals surface area contributed by atoms with Crippen molar-refractivity contribution in [2.45, 2.75) is 194 Å². The summed E-state index contributed by atoms with van der Waals surface area (Å²) >= 11 is 0. The summed E-state index contributed by atoms with van der Waals surface area (Å²) in [7, 11) is 0. The SMILES string of the molecule is CCCCCCCCCCCCCCCC(=O)[O-].CCCCCCCCCCCCCCCC(=O)[O-].[Mg+2]. The number of hydrogen-bond donors (Lipinski definition) is 0. The van der Waals surface area contributed by atoms with Crippen LogP contribution in [0.15, 0.2) is 0 Å². The molecule has 0 aromatic carbocycles. The van der Waals surface area contributed by atoms with Gasteiger partial charge in [0, 0.05) is 11.9 Å². The Morgan fingerprint density at radius 3 is 0.676 bits per heavy atom. The maximum atomic E-state index is 10.2. The Balaban J connectivity index is -0.000000608. The molecule has 0 N–H and O–H groups in total. The maximum absolute atomic E-state index is 10.2. The minimum atomic E-state index is -0.905. The van der Waals surface area contributed by atoms with Crippen LogP contribution >= 0.6 is 0 Å². The molecule has 0 aromatic heterocycles. The van der Waals surface area contributed by atoms with Crippen LogP contribution in [0.2, 0.25) is 0 Å². The van der Waals surface area contributed by atoms with E-state index in [4.69, 9.17) is 0 Å². The molecule has 0 atom stereocenters. The Labute approximate surface area is 247 Å². The summed E-state index contributed by atoms with van der Waals surface area (Å²) in [6.07, 6.45) is 33.9. The van der Waals surface area contributed by atoms with E-state index in [2.05, 4.69) is 13.8 Å².